The molecule has 0 amide bonds. The number of aliphatic carboxylic acids is 1. The lowest BCUT2D eigenvalue weighted by Crippen LogP contribution is -2.51. The molecule has 4 aliphatic rings. The predicted molar refractivity (Wildman–Crippen MR) is 196 cm³/mol. The Kier molecular flexibility index (Phi) is 8.67. The van der Waals surface area contributed by atoms with Crippen molar-refractivity contribution in [2.75, 3.05) is 40.4 Å². The van der Waals surface area contributed by atoms with Gasteiger partial charge in [0.2, 0.25) is 0 Å². The number of fused-ring (bicyclic) bond motifs is 2. The smallest absolute Gasteiger partial charge is 0.309 e. The van der Waals surface area contributed by atoms with Crippen molar-refractivity contribution in [3.63, 3.8) is 0 Å². The standard InChI is InChI=1S/C41H40Cl2N2O5/c1-22(46)27-18-44(19-27)33-12-10-23-14-25(16-35(49-2)37(23)33)29-6-4-8-31(39(29)42)32-9-5-7-30(40(32)43)26-15-24-11-13-34(38(24)36(17-26)50-3)45-20-28(21-45)41(47)48/h4-9,14-17,27-28,33-34H,10-13,18-21H2,1-3H3,(H,47,48)/t33-,34-/m0/s1. The summed E-state index contributed by atoms with van der Waals surface area (Å²) in [6.45, 7) is 4.44. The van der Waals surface area contributed by atoms with Gasteiger partial charge in [-0.1, -0.05) is 71.7 Å². The van der Waals surface area contributed by atoms with Crippen LogP contribution in [0, 0.1) is 11.8 Å². The van der Waals surface area contributed by atoms with Gasteiger partial charge in [-0.05, 0) is 67.0 Å². The van der Waals surface area contributed by atoms with Gasteiger partial charge in [-0.25, -0.2) is 0 Å². The summed E-state index contributed by atoms with van der Waals surface area (Å²) in [5, 5.41) is 10.6. The quantitative estimate of drug-likeness (QED) is 0.187. The molecule has 7 nitrogen and oxygen atoms in total. The number of benzene rings is 4. The first-order valence-corrected chi connectivity index (χ1v) is 18.1. The highest BCUT2D eigenvalue weighted by Gasteiger charge is 2.42. The maximum Gasteiger partial charge on any atom is 0.309 e. The Morgan fingerprint density at radius 3 is 1.50 bits per heavy atom. The molecule has 0 saturated carbocycles. The van der Waals surface area contributed by atoms with E-state index < -0.39 is 5.97 Å². The Labute approximate surface area is 302 Å². The maximum atomic E-state index is 11.9. The van der Waals surface area contributed by atoms with Gasteiger partial charge in [-0.2, -0.15) is 0 Å². The molecule has 4 aromatic rings. The zero-order chi connectivity index (χ0) is 34.8. The molecule has 1 N–H and O–H groups in total. The van der Waals surface area contributed by atoms with Crippen LogP contribution < -0.4 is 9.47 Å². The summed E-state index contributed by atoms with van der Waals surface area (Å²) < 4.78 is 11.9. The van der Waals surface area contributed by atoms with Crippen molar-refractivity contribution in [1.29, 1.82) is 0 Å². The molecule has 0 aromatic heterocycles. The number of likely N-dealkylation sites (tertiary alicyclic amines) is 2. The summed E-state index contributed by atoms with van der Waals surface area (Å²) in [4.78, 5) is 28.0. The van der Waals surface area contributed by atoms with Crippen molar-refractivity contribution >= 4 is 35.0 Å². The summed E-state index contributed by atoms with van der Waals surface area (Å²) in [7, 11) is 3.41. The number of carboxylic acids is 1. The fraction of sp³-hybridized carbons (Fsp3) is 0.366. The van der Waals surface area contributed by atoms with Crippen molar-refractivity contribution in [1.82, 2.24) is 9.80 Å². The van der Waals surface area contributed by atoms with Gasteiger partial charge in [0.05, 0.1) is 30.2 Å². The molecule has 258 valence electrons. The topological polar surface area (TPSA) is 79.3 Å². The number of rotatable bonds is 9. The second-order valence-electron chi connectivity index (χ2n) is 14.2. The Bertz CT molecular complexity index is 1890. The molecule has 2 aliphatic carbocycles. The molecule has 4 aromatic carbocycles. The van der Waals surface area contributed by atoms with E-state index in [9.17, 15) is 14.7 Å². The highest BCUT2D eigenvalue weighted by Crippen LogP contribution is 2.50. The number of carbonyl (C=O) groups excluding carboxylic acids is 1. The highest BCUT2D eigenvalue weighted by molar-refractivity contribution is 6.39. The summed E-state index contributed by atoms with van der Waals surface area (Å²) in [6, 6.07) is 21.1. The van der Waals surface area contributed by atoms with Crippen LogP contribution in [0.25, 0.3) is 33.4 Å². The van der Waals surface area contributed by atoms with E-state index in [1.54, 1.807) is 21.1 Å². The largest absolute Gasteiger partial charge is 0.496 e. The van der Waals surface area contributed by atoms with Gasteiger partial charge >= 0.3 is 5.97 Å². The van der Waals surface area contributed by atoms with Crippen molar-refractivity contribution in [3.8, 4) is 44.9 Å². The Morgan fingerprint density at radius 1 is 0.680 bits per heavy atom. The third-order valence-electron chi connectivity index (χ3n) is 11.5. The predicted octanol–water partition coefficient (Wildman–Crippen LogP) is 8.52. The van der Waals surface area contributed by atoms with Gasteiger partial charge in [0.1, 0.15) is 17.3 Å². The van der Waals surface area contributed by atoms with Gasteiger partial charge in [-0.15, -0.1) is 0 Å². The van der Waals surface area contributed by atoms with Crippen LogP contribution in [0.15, 0.2) is 60.7 Å². The van der Waals surface area contributed by atoms with Crippen LogP contribution in [0.1, 0.15) is 54.1 Å². The first kappa shape index (κ1) is 33.3. The molecule has 2 aliphatic heterocycles. The number of methoxy groups -OCH3 is 2. The van der Waals surface area contributed by atoms with E-state index in [-0.39, 0.29) is 29.7 Å². The fourth-order valence-corrected chi connectivity index (χ4v) is 9.34. The molecule has 0 spiro atoms. The average Bonchev–Trinajstić information content (AvgIpc) is 3.67. The molecule has 0 bridgehead atoms. The van der Waals surface area contributed by atoms with E-state index in [2.05, 4.69) is 34.1 Å². The molecule has 9 heteroatoms. The zero-order valence-electron chi connectivity index (χ0n) is 28.5. The molecule has 2 saturated heterocycles. The Balaban J connectivity index is 1.11. The normalized spacial score (nSPS) is 20.6. The molecular weight excluding hydrogens is 671 g/mol. The summed E-state index contributed by atoms with van der Waals surface area (Å²) >= 11 is 14.5. The minimum atomic E-state index is -0.727. The second kappa shape index (κ2) is 13.0. The monoisotopic (exact) mass is 710 g/mol. The van der Waals surface area contributed by atoms with E-state index in [0.717, 1.165) is 89.2 Å². The molecular formula is C41H40Cl2N2O5. The lowest BCUT2D eigenvalue weighted by Gasteiger charge is -2.42. The number of Topliss-reactive ketones (excluding diaryl/α,β-unsaturated/α-hetero) is 1. The van der Waals surface area contributed by atoms with Crippen molar-refractivity contribution in [2.24, 2.45) is 11.8 Å². The average molecular weight is 712 g/mol. The van der Waals surface area contributed by atoms with E-state index in [4.69, 9.17) is 32.7 Å². The number of hydrogen-bond acceptors (Lipinski definition) is 6. The van der Waals surface area contributed by atoms with Crippen LogP contribution in [-0.4, -0.2) is 67.1 Å². The van der Waals surface area contributed by atoms with Crippen LogP contribution in [0.2, 0.25) is 10.0 Å². The minimum Gasteiger partial charge on any atom is -0.496 e. The SMILES string of the molecule is COc1cc(-c2cccc(-c3cccc(-c4cc5c(c(OC)c4)[C@@H](N4CC(C(=O)O)C4)CC5)c3Cl)c2Cl)cc2c1[C@@H](N1CC(C(C)=O)C1)CC2. The van der Waals surface area contributed by atoms with Crippen LogP contribution in [0.4, 0.5) is 0 Å². The van der Waals surface area contributed by atoms with Crippen LogP contribution >= 0.6 is 23.2 Å². The third kappa shape index (κ3) is 5.50. The third-order valence-corrected chi connectivity index (χ3v) is 12.3. The number of carboxylic acid groups (broad SMARTS) is 1. The lowest BCUT2D eigenvalue weighted by molar-refractivity contribution is -0.148. The van der Waals surface area contributed by atoms with Gasteiger partial charge < -0.3 is 14.6 Å². The first-order chi connectivity index (χ1) is 24.2. The Hall–Kier alpha value is -3.88. The molecule has 2 fully saturated rings. The summed E-state index contributed by atoms with van der Waals surface area (Å²) in [5.41, 5.74) is 10.3. The molecule has 50 heavy (non-hydrogen) atoms. The van der Waals surface area contributed by atoms with Gasteiger partial charge in [0, 0.05) is 77.6 Å². The van der Waals surface area contributed by atoms with Gasteiger partial charge in [0.25, 0.3) is 0 Å². The van der Waals surface area contributed by atoms with E-state index in [0.29, 0.717) is 23.1 Å². The second-order valence-corrected chi connectivity index (χ2v) is 15.0. The van der Waals surface area contributed by atoms with Crippen LogP contribution in [-0.2, 0) is 22.4 Å². The number of hydrogen-bond donors (Lipinski definition) is 1. The maximum absolute atomic E-state index is 11.9. The molecule has 8 rings (SSSR count). The van der Waals surface area contributed by atoms with Crippen molar-refractivity contribution in [3.05, 3.63) is 93.0 Å². The van der Waals surface area contributed by atoms with E-state index in [1.807, 2.05) is 36.4 Å². The summed E-state index contributed by atoms with van der Waals surface area (Å²) in [5.74, 6) is 1.04. The van der Waals surface area contributed by atoms with E-state index in [1.165, 1.54) is 16.7 Å². The fourth-order valence-electron chi connectivity index (χ4n) is 8.66. The molecule has 0 radical (unpaired) electrons. The highest BCUT2D eigenvalue weighted by atomic mass is 35.5. The van der Waals surface area contributed by atoms with Crippen molar-refractivity contribution < 1.29 is 24.2 Å². The number of nitrogens with zero attached hydrogens (tertiary/aromatic N) is 2. The van der Waals surface area contributed by atoms with Crippen LogP contribution in [0.5, 0.6) is 11.5 Å². The van der Waals surface area contributed by atoms with Gasteiger partial charge in [0.15, 0.2) is 0 Å². The lowest BCUT2D eigenvalue weighted by atomic mass is 9.91. The zero-order valence-corrected chi connectivity index (χ0v) is 30.0. The number of ether oxygens (including phenoxy) is 2. The van der Waals surface area contributed by atoms with Crippen LogP contribution in [0.3, 0.4) is 0 Å². The summed E-state index contributed by atoms with van der Waals surface area (Å²) in [6.07, 6.45) is 3.78. The number of halogens is 2. The Morgan fingerprint density at radius 2 is 1.10 bits per heavy atom. The molecule has 0 unspecified atom stereocenters. The molecule has 2 heterocycles. The number of carbonyl (C=O) groups is 2. The number of aryl methyl sites for hydroxylation is 2. The van der Waals surface area contributed by atoms with Gasteiger partial charge in [-0.3, -0.25) is 19.4 Å². The van der Waals surface area contributed by atoms with Crippen molar-refractivity contribution in [2.45, 2.75) is 44.7 Å². The van der Waals surface area contributed by atoms with E-state index >= 15 is 0 Å². The first-order valence-electron chi connectivity index (χ1n) is 17.4. The number of ketones is 1. The molecule has 2 atom stereocenters. The minimum absolute atomic E-state index is 0.138.